The SMILES string of the molecule is C=S1(=O)CCOC[C@H](O)[C@@H]2CC[C@H]2CN2C[C@@]3(CCCc4cc(Cl)ccc43)COc3ccc(cc32)C(=O)N1. The third-order valence-electron chi connectivity index (χ3n) is 8.85. The Balaban J connectivity index is 1.42. The highest BCUT2D eigenvalue weighted by Crippen LogP contribution is 2.46. The van der Waals surface area contributed by atoms with Crippen LogP contribution in [0.2, 0.25) is 5.02 Å². The van der Waals surface area contributed by atoms with E-state index in [-0.39, 0.29) is 30.3 Å². The van der Waals surface area contributed by atoms with Crippen molar-refractivity contribution in [2.75, 3.05) is 43.6 Å². The van der Waals surface area contributed by atoms with Crippen LogP contribution in [0.4, 0.5) is 5.69 Å². The zero-order valence-electron chi connectivity index (χ0n) is 21.5. The van der Waals surface area contributed by atoms with E-state index in [4.69, 9.17) is 21.1 Å². The molecular formula is C29H35ClN2O5S. The third-order valence-corrected chi connectivity index (χ3v) is 10.5. The first-order chi connectivity index (χ1) is 18.2. The minimum atomic E-state index is -2.89. The molecule has 2 aromatic carbocycles. The van der Waals surface area contributed by atoms with E-state index in [1.54, 1.807) is 6.07 Å². The van der Waals surface area contributed by atoms with Crippen LogP contribution in [0.1, 0.15) is 47.2 Å². The first-order valence-electron chi connectivity index (χ1n) is 13.5. The first-order valence-corrected chi connectivity index (χ1v) is 15.7. The number of anilines is 1. The van der Waals surface area contributed by atoms with E-state index >= 15 is 0 Å². The molecule has 1 amide bonds. The van der Waals surface area contributed by atoms with Gasteiger partial charge in [0.25, 0.3) is 5.91 Å². The largest absolute Gasteiger partial charge is 0.490 e. The van der Waals surface area contributed by atoms with Crippen LogP contribution in [0.5, 0.6) is 5.75 Å². The van der Waals surface area contributed by atoms with E-state index < -0.39 is 21.7 Å². The number of fused-ring (bicyclic) bond motifs is 4. The lowest BCUT2D eigenvalue weighted by Gasteiger charge is -2.45. The summed E-state index contributed by atoms with van der Waals surface area (Å²) in [6, 6.07) is 11.6. The number of aliphatic hydroxyl groups is 1. The van der Waals surface area contributed by atoms with Crippen molar-refractivity contribution in [2.45, 2.75) is 43.6 Å². The molecule has 1 saturated carbocycles. The average Bonchev–Trinajstić information content (AvgIpc) is 3.01. The molecule has 1 spiro atoms. The summed E-state index contributed by atoms with van der Waals surface area (Å²) in [5, 5.41) is 11.7. The van der Waals surface area contributed by atoms with Crippen molar-refractivity contribution in [1.29, 1.82) is 0 Å². The van der Waals surface area contributed by atoms with Crippen LogP contribution in [0, 0.1) is 11.8 Å². The van der Waals surface area contributed by atoms with Gasteiger partial charge in [0.05, 0.1) is 37.4 Å². The van der Waals surface area contributed by atoms with E-state index in [0.717, 1.165) is 61.7 Å². The Morgan fingerprint density at radius 2 is 2.08 bits per heavy atom. The molecule has 9 heteroatoms. The van der Waals surface area contributed by atoms with Crippen molar-refractivity contribution in [3.05, 3.63) is 58.1 Å². The van der Waals surface area contributed by atoms with Gasteiger partial charge in [0.15, 0.2) is 0 Å². The minimum absolute atomic E-state index is 0.0890. The number of nitrogens with zero attached hydrogens (tertiary/aromatic N) is 1. The maximum Gasteiger partial charge on any atom is 0.262 e. The van der Waals surface area contributed by atoms with Crippen LogP contribution >= 0.6 is 11.6 Å². The van der Waals surface area contributed by atoms with Crippen molar-refractivity contribution in [1.82, 2.24) is 4.72 Å². The number of halogens is 1. The first kappa shape index (κ1) is 26.0. The number of hydrogen-bond acceptors (Lipinski definition) is 6. The molecule has 1 unspecified atom stereocenters. The lowest BCUT2D eigenvalue weighted by atomic mass is 9.68. The Kier molecular flexibility index (Phi) is 6.87. The quantitative estimate of drug-likeness (QED) is 0.481. The maximum absolute atomic E-state index is 13.1. The van der Waals surface area contributed by atoms with Crippen molar-refractivity contribution in [2.24, 2.45) is 11.8 Å². The van der Waals surface area contributed by atoms with Gasteiger partial charge in [-0.15, -0.1) is 0 Å². The molecule has 2 aliphatic heterocycles. The van der Waals surface area contributed by atoms with Gasteiger partial charge in [0, 0.05) is 38.8 Å². The van der Waals surface area contributed by atoms with Gasteiger partial charge >= 0.3 is 0 Å². The summed E-state index contributed by atoms with van der Waals surface area (Å²) in [4.78, 5) is 15.5. The summed E-state index contributed by atoms with van der Waals surface area (Å²) in [5.74, 6) is 4.56. The number of carbonyl (C=O) groups is 1. The fourth-order valence-electron chi connectivity index (χ4n) is 6.67. The van der Waals surface area contributed by atoms with Crippen LogP contribution in [0.3, 0.4) is 0 Å². The summed E-state index contributed by atoms with van der Waals surface area (Å²) in [6.07, 6.45) is 4.43. The normalized spacial score (nSPS) is 33.4. The summed E-state index contributed by atoms with van der Waals surface area (Å²) >= 11 is 6.36. The molecule has 7 nitrogen and oxygen atoms in total. The van der Waals surface area contributed by atoms with Gasteiger partial charge in [0.1, 0.15) is 5.75 Å². The summed E-state index contributed by atoms with van der Waals surface area (Å²) < 4.78 is 27.7. The van der Waals surface area contributed by atoms with Gasteiger partial charge < -0.3 is 19.5 Å². The molecule has 2 aliphatic carbocycles. The summed E-state index contributed by atoms with van der Waals surface area (Å²) in [7, 11) is -2.89. The second kappa shape index (κ2) is 10.0. The predicted molar refractivity (Wildman–Crippen MR) is 151 cm³/mol. The lowest BCUT2D eigenvalue weighted by molar-refractivity contribution is -0.0392. The smallest absolute Gasteiger partial charge is 0.262 e. The van der Waals surface area contributed by atoms with E-state index in [2.05, 4.69) is 27.6 Å². The Bertz CT molecular complexity index is 1350. The van der Waals surface area contributed by atoms with Gasteiger partial charge in [-0.25, -0.2) is 4.21 Å². The molecule has 2 heterocycles. The van der Waals surface area contributed by atoms with Crippen molar-refractivity contribution in [3.8, 4) is 5.75 Å². The number of rotatable bonds is 0. The minimum Gasteiger partial charge on any atom is -0.490 e. The molecular weight excluding hydrogens is 524 g/mol. The number of carbonyl (C=O) groups excluding carboxylic acids is 1. The molecule has 0 saturated heterocycles. The van der Waals surface area contributed by atoms with Gasteiger partial charge in [-0.2, -0.15) is 0 Å². The zero-order chi connectivity index (χ0) is 26.5. The number of ether oxygens (including phenoxy) is 2. The molecule has 1 fully saturated rings. The number of aryl methyl sites for hydroxylation is 1. The third kappa shape index (κ3) is 4.92. The Morgan fingerprint density at radius 1 is 1.21 bits per heavy atom. The van der Waals surface area contributed by atoms with Gasteiger partial charge in [-0.3, -0.25) is 9.52 Å². The topological polar surface area (TPSA) is 88.1 Å². The molecule has 2 N–H and O–H groups in total. The second-order valence-corrected chi connectivity index (χ2v) is 14.1. The van der Waals surface area contributed by atoms with E-state index in [9.17, 15) is 14.1 Å². The molecule has 4 aliphatic rings. The molecule has 204 valence electrons. The number of amides is 1. The molecule has 0 radical (unpaired) electrons. The molecule has 5 atom stereocenters. The van der Waals surface area contributed by atoms with Crippen LogP contribution < -0.4 is 14.4 Å². The molecule has 2 bridgehead atoms. The molecule has 2 aromatic rings. The molecule has 0 aromatic heterocycles. The average molecular weight is 559 g/mol. The fraction of sp³-hybridized carbons (Fsp3) is 0.517. The lowest BCUT2D eigenvalue weighted by Crippen LogP contribution is -2.50. The predicted octanol–water partition coefficient (Wildman–Crippen LogP) is 3.59. The van der Waals surface area contributed by atoms with Crippen LogP contribution in [-0.2, 0) is 26.3 Å². The summed E-state index contributed by atoms with van der Waals surface area (Å²) in [5.41, 5.74) is 3.62. The van der Waals surface area contributed by atoms with E-state index in [1.165, 1.54) is 11.1 Å². The van der Waals surface area contributed by atoms with Gasteiger partial charge in [-0.1, -0.05) is 17.7 Å². The number of hydrogen-bond donors (Lipinski definition) is 2. The highest BCUT2D eigenvalue weighted by atomic mass is 35.5. The maximum atomic E-state index is 13.1. The van der Waals surface area contributed by atoms with Crippen molar-refractivity contribution < 1.29 is 23.6 Å². The highest BCUT2D eigenvalue weighted by molar-refractivity contribution is 7.99. The number of benzene rings is 2. The van der Waals surface area contributed by atoms with Gasteiger partial charge in [-0.05, 0) is 91.3 Å². The molecule has 6 rings (SSSR count). The standard InChI is InChI=1S/C29H35ClN2O5S/c1-38(35)12-11-36-16-26(33)23-7-4-21(23)15-32-17-29(10-2-3-19-13-22(30)6-8-24(19)29)18-37-27-9-5-20(14-25(27)32)28(34)31-38/h5-6,8-9,13-14,21,23,26,33H,1-4,7,10-12,15-18H2,(H,31,34,35)/t21-,23+,26-,29-,38?/m0/s1. The molecule has 38 heavy (non-hydrogen) atoms. The van der Waals surface area contributed by atoms with E-state index in [0.29, 0.717) is 18.1 Å². The second-order valence-electron chi connectivity index (χ2n) is 11.4. The Hall–Kier alpha value is -2.26. The number of aliphatic hydroxyl groups excluding tert-OH is 1. The van der Waals surface area contributed by atoms with Crippen molar-refractivity contribution in [3.63, 3.8) is 0 Å². The number of nitrogens with one attached hydrogen (secondary N) is 1. The van der Waals surface area contributed by atoms with Crippen LogP contribution in [0.15, 0.2) is 36.4 Å². The fourth-order valence-corrected chi connectivity index (χ4v) is 7.81. The van der Waals surface area contributed by atoms with Crippen LogP contribution in [-0.4, -0.2) is 65.9 Å². The zero-order valence-corrected chi connectivity index (χ0v) is 23.1. The van der Waals surface area contributed by atoms with Crippen molar-refractivity contribution >= 4 is 38.8 Å². The Labute approximate surface area is 229 Å². The summed E-state index contributed by atoms with van der Waals surface area (Å²) in [6.45, 7) is 2.37. The Morgan fingerprint density at radius 3 is 2.89 bits per heavy atom. The highest BCUT2D eigenvalue weighted by Gasteiger charge is 2.44. The van der Waals surface area contributed by atoms with Gasteiger partial charge in [0.2, 0.25) is 0 Å². The van der Waals surface area contributed by atoms with Crippen LogP contribution in [0.25, 0.3) is 0 Å². The van der Waals surface area contributed by atoms with E-state index in [1.807, 2.05) is 18.2 Å². The monoisotopic (exact) mass is 558 g/mol.